The number of hydrogen-bond donors (Lipinski definition) is 0. The Balaban J connectivity index is 0.000000160. The van der Waals surface area contributed by atoms with Gasteiger partial charge in [0.25, 0.3) is 0 Å². The van der Waals surface area contributed by atoms with E-state index >= 15 is 0 Å². The van der Waals surface area contributed by atoms with Crippen LogP contribution < -0.4 is 10.2 Å². The van der Waals surface area contributed by atoms with E-state index in [-0.39, 0.29) is 21.5 Å². The topological polar surface area (TPSA) is 106 Å². The zero-order valence-corrected chi connectivity index (χ0v) is 18.5. The molecule has 4 aromatic carbocycles. The van der Waals surface area contributed by atoms with Gasteiger partial charge in [0.15, 0.2) is 0 Å². The molecule has 164 valence electrons. The SMILES string of the molecule is O=C([O-])c1ccc2ccc3ccccc3c2n1.O=C([O-])c1ccc2ccc3ccccc3c2n1.[Be+2]. The Labute approximate surface area is 203 Å². The third kappa shape index (κ3) is 4.56. The van der Waals surface area contributed by atoms with E-state index in [0.29, 0.717) is 11.0 Å². The van der Waals surface area contributed by atoms with Gasteiger partial charge >= 0.3 is 10.1 Å². The summed E-state index contributed by atoms with van der Waals surface area (Å²) in [5, 5.41) is 27.5. The standard InChI is InChI=1S/2C14H9NO2.Be/c2*16-14(17)12-8-7-10-6-5-9-3-1-2-4-11(9)13(10)15-12;/h2*1-8H,(H,16,17);/q;;+2/p-2. The zero-order valence-electron chi connectivity index (χ0n) is 18.5. The molecule has 35 heavy (non-hydrogen) atoms. The summed E-state index contributed by atoms with van der Waals surface area (Å²) in [5.41, 5.74) is 1.33. The molecule has 0 saturated heterocycles. The van der Waals surface area contributed by atoms with Crippen LogP contribution in [-0.2, 0) is 0 Å². The second-order valence-corrected chi connectivity index (χ2v) is 7.68. The molecular weight excluding hydrogens is 437 g/mol. The van der Waals surface area contributed by atoms with Gasteiger partial charge in [-0.2, -0.15) is 0 Å². The van der Waals surface area contributed by atoms with E-state index in [1.807, 2.05) is 72.8 Å². The number of carbonyl (C=O) groups excluding carboxylic acids is 2. The average Bonchev–Trinajstić information content (AvgIpc) is 2.88. The first-order valence-electron chi connectivity index (χ1n) is 10.5. The molecule has 7 heteroatoms. The van der Waals surface area contributed by atoms with Crippen molar-refractivity contribution >= 4 is 65.4 Å². The summed E-state index contributed by atoms with van der Waals surface area (Å²) in [4.78, 5) is 29.9. The van der Waals surface area contributed by atoms with Gasteiger partial charge in [-0.05, 0) is 22.9 Å². The first-order chi connectivity index (χ1) is 16.5. The van der Waals surface area contributed by atoms with E-state index < -0.39 is 11.9 Å². The molecular formula is C28H16BeN2O4. The van der Waals surface area contributed by atoms with Gasteiger partial charge in [0.05, 0.1) is 34.4 Å². The maximum Gasteiger partial charge on any atom is 2.00 e. The number of pyridine rings is 2. The van der Waals surface area contributed by atoms with Gasteiger partial charge in [-0.25, -0.2) is 9.97 Å². The summed E-state index contributed by atoms with van der Waals surface area (Å²) in [6.45, 7) is 0. The van der Waals surface area contributed by atoms with E-state index in [1.54, 1.807) is 12.1 Å². The molecule has 2 aromatic heterocycles. The second-order valence-electron chi connectivity index (χ2n) is 7.68. The number of carboxylic acid groups (broad SMARTS) is 2. The number of rotatable bonds is 2. The molecule has 6 aromatic rings. The quantitative estimate of drug-likeness (QED) is 0.295. The van der Waals surface area contributed by atoms with E-state index in [4.69, 9.17) is 0 Å². The maximum absolute atomic E-state index is 10.8. The molecule has 6 nitrogen and oxygen atoms in total. The van der Waals surface area contributed by atoms with Crippen LogP contribution >= 0.6 is 0 Å². The van der Waals surface area contributed by atoms with Gasteiger partial charge in [0.1, 0.15) is 0 Å². The monoisotopic (exact) mass is 453 g/mol. The largest absolute Gasteiger partial charge is 2.00 e. The number of benzene rings is 4. The minimum absolute atomic E-state index is 0. The Morgan fingerprint density at radius 2 is 0.829 bits per heavy atom. The molecule has 0 fully saturated rings. The van der Waals surface area contributed by atoms with Crippen LogP contribution in [-0.4, -0.2) is 32.0 Å². The molecule has 0 bridgehead atoms. The van der Waals surface area contributed by atoms with Gasteiger partial charge < -0.3 is 19.8 Å². The van der Waals surface area contributed by atoms with Crippen molar-refractivity contribution in [2.24, 2.45) is 0 Å². The Morgan fingerprint density at radius 1 is 0.486 bits per heavy atom. The summed E-state index contributed by atoms with van der Waals surface area (Å²) in [7, 11) is 0. The molecule has 6 rings (SSSR count). The van der Waals surface area contributed by atoms with Crippen LogP contribution in [0.2, 0.25) is 0 Å². The van der Waals surface area contributed by atoms with Crippen molar-refractivity contribution in [3.05, 3.63) is 108 Å². The van der Waals surface area contributed by atoms with Crippen molar-refractivity contribution < 1.29 is 19.8 Å². The van der Waals surface area contributed by atoms with E-state index in [0.717, 1.165) is 32.3 Å². The molecule has 0 amide bonds. The predicted molar refractivity (Wildman–Crippen MR) is 133 cm³/mol. The first kappa shape index (κ1) is 23.5. The van der Waals surface area contributed by atoms with Crippen LogP contribution in [0.3, 0.4) is 0 Å². The van der Waals surface area contributed by atoms with Crippen molar-refractivity contribution in [3.63, 3.8) is 0 Å². The molecule has 0 radical (unpaired) electrons. The van der Waals surface area contributed by atoms with Gasteiger partial charge in [0, 0.05) is 21.5 Å². The number of carbonyl (C=O) groups is 2. The summed E-state index contributed by atoms with van der Waals surface area (Å²) < 4.78 is 0. The molecule has 0 N–H and O–H groups in total. The van der Waals surface area contributed by atoms with Crippen LogP contribution in [0.4, 0.5) is 0 Å². The van der Waals surface area contributed by atoms with Crippen LogP contribution in [0, 0.1) is 0 Å². The number of carboxylic acids is 2. The van der Waals surface area contributed by atoms with Gasteiger partial charge in [-0.15, -0.1) is 0 Å². The average molecular weight is 453 g/mol. The number of hydrogen-bond acceptors (Lipinski definition) is 6. The summed E-state index contributed by atoms with van der Waals surface area (Å²) in [6, 6.07) is 29.8. The summed E-state index contributed by atoms with van der Waals surface area (Å²) >= 11 is 0. The zero-order chi connectivity index (χ0) is 23.7. The molecule has 0 aliphatic heterocycles. The van der Waals surface area contributed by atoms with Crippen LogP contribution in [0.5, 0.6) is 0 Å². The van der Waals surface area contributed by atoms with Crippen LogP contribution in [0.15, 0.2) is 97.1 Å². The normalized spacial score (nSPS) is 10.5. The Kier molecular flexibility index (Phi) is 6.49. The van der Waals surface area contributed by atoms with Gasteiger partial charge in [0.2, 0.25) is 0 Å². The fourth-order valence-corrected chi connectivity index (χ4v) is 3.94. The molecule has 0 aliphatic rings. The van der Waals surface area contributed by atoms with Crippen molar-refractivity contribution in [2.45, 2.75) is 0 Å². The van der Waals surface area contributed by atoms with Crippen molar-refractivity contribution in [1.29, 1.82) is 0 Å². The number of nitrogens with zero attached hydrogens (tertiary/aromatic N) is 2. The molecule has 0 spiro atoms. The van der Waals surface area contributed by atoms with Crippen LogP contribution in [0.25, 0.3) is 43.4 Å². The Hall–Kier alpha value is -4.67. The molecule has 0 atom stereocenters. The number of aromatic nitrogens is 2. The Morgan fingerprint density at radius 3 is 1.23 bits per heavy atom. The minimum Gasteiger partial charge on any atom is -0.543 e. The van der Waals surface area contributed by atoms with Gasteiger partial charge in [-0.1, -0.05) is 84.9 Å². The first-order valence-corrected chi connectivity index (χ1v) is 10.5. The smallest absolute Gasteiger partial charge is 0.543 e. The molecule has 0 saturated carbocycles. The van der Waals surface area contributed by atoms with E-state index in [9.17, 15) is 19.8 Å². The van der Waals surface area contributed by atoms with Gasteiger partial charge in [-0.3, -0.25) is 0 Å². The molecule has 0 aliphatic carbocycles. The summed E-state index contributed by atoms with van der Waals surface area (Å²) in [6.07, 6.45) is 0. The van der Waals surface area contributed by atoms with E-state index in [1.165, 1.54) is 12.1 Å². The number of aromatic carboxylic acids is 2. The fraction of sp³-hybridized carbons (Fsp3) is 0. The molecule has 2 heterocycles. The number of fused-ring (bicyclic) bond motifs is 6. The van der Waals surface area contributed by atoms with Crippen molar-refractivity contribution in [1.82, 2.24) is 9.97 Å². The predicted octanol–water partition coefficient (Wildman–Crippen LogP) is 3.12. The summed E-state index contributed by atoms with van der Waals surface area (Å²) in [5.74, 6) is -2.50. The fourth-order valence-electron chi connectivity index (χ4n) is 3.94. The minimum atomic E-state index is -1.25. The van der Waals surface area contributed by atoms with E-state index in [2.05, 4.69) is 9.97 Å². The second kappa shape index (κ2) is 9.67. The maximum atomic E-state index is 10.8. The van der Waals surface area contributed by atoms with Crippen molar-refractivity contribution in [3.8, 4) is 0 Å². The van der Waals surface area contributed by atoms with Crippen molar-refractivity contribution in [2.75, 3.05) is 0 Å². The van der Waals surface area contributed by atoms with Crippen LogP contribution in [0.1, 0.15) is 21.0 Å². The molecule has 0 unspecified atom stereocenters. The third-order valence-corrected chi connectivity index (χ3v) is 5.59. The third-order valence-electron chi connectivity index (χ3n) is 5.59. The Bertz CT molecular complexity index is 1600.